The first kappa shape index (κ1) is 14.6. The number of terminal acetylenes is 2. The van der Waals surface area contributed by atoms with E-state index in [-0.39, 0.29) is 0 Å². The first-order valence-corrected chi connectivity index (χ1v) is 8.28. The van der Waals surface area contributed by atoms with Crippen molar-refractivity contribution in [2.45, 2.75) is 0 Å². The molecule has 0 saturated carbocycles. The summed E-state index contributed by atoms with van der Waals surface area (Å²) in [5.74, 6) is 5.43. The number of fused-ring (bicyclic) bond motifs is 3. The van der Waals surface area contributed by atoms with Gasteiger partial charge in [-0.15, -0.1) is 12.8 Å². The largest absolute Gasteiger partial charge is 0.309 e. The van der Waals surface area contributed by atoms with Crippen LogP contribution in [-0.2, 0) is 0 Å². The Balaban J connectivity index is 2.17. The van der Waals surface area contributed by atoms with Crippen LogP contribution in [0, 0.1) is 24.7 Å². The van der Waals surface area contributed by atoms with Crippen molar-refractivity contribution in [2.75, 3.05) is 0 Å². The van der Waals surface area contributed by atoms with E-state index in [0.717, 1.165) is 43.1 Å². The van der Waals surface area contributed by atoms with Gasteiger partial charge in [0.2, 0.25) is 0 Å². The second-order valence-corrected chi connectivity index (χ2v) is 6.48. The molecular formula is C22H12BrN. The first-order valence-electron chi connectivity index (χ1n) is 7.48. The van der Waals surface area contributed by atoms with Crippen LogP contribution >= 0.6 is 15.9 Å². The van der Waals surface area contributed by atoms with Gasteiger partial charge in [0.1, 0.15) is 0 Å². The SMILES string of the molecule is C#Cc1ccc2c(c1)c1cc(C#C)ccc1n2-c1ccc(Br)cc1. The molecule has 0 aliphatic heterocycles. The quantitative estimate of drug-likeness (QED) is 0.390. The third kappa shape index (κ3) is 2.21. The normalized spacial score (nSPS) is 10.6. The molecule has 2 heteroatoms. The fourth-order valence-corrected chi connectivity index (χ4v) is 3.34. The number of halogens is 1. The van der Waals surface area contributed by atoms with E-state index >= 15 is 0 Å². The number of aromatic nitrogens is 1. The van der Waals surface area contributed by atoms with E-state index in [4.69, 9.17) is 12.8 Å². The molecule has 0 aliphatic carbocycles. The van der Waals surface area contributed by atoms with E-state index in [9.17, 15) is 0 Å². The van der Waals surface area contributed by atoms with Crippen molar-refractivity contribution in [1.29, 1.82) is 0 Å². The van der Waals surface area contributed by atoms with Gasteiger partial charge in [-0.3, -0.25) is 0 Å². The number of hydrogen-bond donors (Lipinski definition) is 0. The summed E-state index contributed by atoms with van der Waals surface area (Å²) >= 11 is 3.49. The summed E-state index contributed by atoms with van der Waals surface area (Å²) in [6.07, 6.45) is 11.2. The first-order chi connectivity index (χ1) is 11.7. The molecule has 0 aliphatic rings. The smallest absolute Gasteiger partial charge is 0.0541 e. The molecule has 4 aromatic rings. The van der Waals surface area contributed by atoms with Crippen molar-refractivity contribution < 1.29 is 0 Å². The monoisotopic (exact) mass is 369 g/mol. The van der Waals surface area contributed by atoms with Crippen molar-refractivity contribution in [3.05, 3.63) is 76.3 Å². The van der Waals surface area contributed by atoms with Crippen molar-refractivity contribution in [1.82, 2.24) is 4.57 Å². The maximum atomic E-state index is 5.58. The van der Waals surface area contributed by atoms with Gasteiger partial charge < -0.3 is 4.57 Å². The van der Waals surface area contributed by atoms with E-state index in [0.29, 0.717) is 0 Å². The average Bonchev–Trinajstić information content (AvgIpc) is 2.95. The summed E-state index contributed by atoms with van der Waals surface area (Å²) in [7, 11) is 0. The Hall–Kier alpha value is -2.94. The minimum Gasteiger partial charge on any atom is -0.309 e. The van der Waals surface area contributed by atoms with Gasteiger partial charge in [0, 0.05) is 32.1 Å². The van der Waals surface area contributed by atoms with E-state index < -0.39 is 0 Å². The van der Waals surface area contributed by atoms with Crippen molar-refractivity contribution in [3.8, 4) is 30.4 Å². The van der Waals surface area contributed by atoms with Gasteiger partial charge in [0.25, 0.3) is 0 Å². The second-order valence-electron chi connectivity index (χ2n) is 5.56. The second kappa shape index (κ2) is 5.60. The summed E-state index contributed by atoms with van der Waals surface area (Å²) in [5.41, 5.74) is 5.05. The molecule has 0 atom stereocenters. The topological polar surface area (TPSA) is 4.93 Å². The van der Waals surface area contributed by atoms with Crippen LogP contribution in [-0.4, -0.2) is 4.57 Å². The molecule has 0 N–H and O–H groups in total. The predicted molar refractivity (Wildman–Crippen MR) is 104 cm³/mol. The van der Waals surface area contributed by atoms with E-state index in [1.807, 2.05) is 36.4 Å². The van der Waals surface area contributed by atoms with Gasteiger partial charge >= 0.3 is 0 Å². The maximum Gasteiger partial charge on any atom is 0.0541 e. The number of rotatable bonds is 1. The highest BCUT2D eigenvalue weighted by molar-refractivity contribution is 9.10. The average molecular weight is 370 g/mol. The van der Waals surface area contributed by atoms with Crippen LogP contribution in [0.1, 0.15) is 11.1 Å². The summed E-state index contributed by atoms with van der Waals surface area (Å²) < 4.78 is 3.29. The Bertz CT molecular complexity index is 1090. The minimum atomic E-state index is 0.864. The van der Waals surface area contributed by atoms with E-state index in [1.54, 1.807) is 0 Å². The molecule has 1 nitrogen and oxygen atoms in total. The van der Waals surface area contributed by atoms with Crippen LogP contribution in [0.5, 0.6) is 0 Å². The zero-order valence-electron chi connectivity index (χ0n) is 12.8. The fraction of sp³-hybridized carbons (Fsp3) is 0. The molecule has 112 valence electrons. The summed E-state index contributed by atoms with van der Waals surface area (Å²) in [4.78, 5) is 0. The lowest BCUT2D eigenvalue weighted by atomic mass is 10.1. The highest BCUT2D eigenvalue weighted by Crippen LogP contribution is 2.33. The number of nitrogens with zero attached hydrogens (tertiary/aromatic N) is 1. The van der Waals surface area contributed by atoms with Crippen LogP contribution in [0.4, 0.5) is 0 Å². The third-order valence-corrected chi connectivity index (χ3v) is 4.71. The lowest BCUT2D eigenvalue weighted by Gasteiger charge is -2.08. The molecule has 3 aromatic carbocycles. The predicted octanol–water partition coefficient (Wildman–Crippen LogP) is 5.51. The molecule has 0 saturated heterocycles. The highest BCUT2D eigenvalue weighted by atomic mass is 79.9. The number of hydrogen-bond acceptors (Lipinski definition) is 0. The molecule has 0 radical (unpaired) electrons. The molecule has 4 rings (SSSR count). The van der Waals surface area contributed by atoms with Crippen LogP contribution in [0.3, 0.4) is 0 Å². The highest BCUT2D eigenvalue weighted by Gasteiger charge is 2.13. The molecule has 0 unspecified atom stereocenters. The standard InChI is InChI=1S/C22H12BrN/c1-3-15-5-11-21-19(13-15)20-14-16(4-2)6-12-22(20)24(21)18-9-7-17(23)8-10-18/h1-2,5-14H. The molecule has 24 heavy (non-hydrogen) atoms. The molecule has 0 amide bonds. The van der Waals surface area contributed by atoms with Crippen molar-refractivity contribution >= 4 is 37.7 Å². The molecular weight excluding hydrogens is 358 g/mol. The summed E-state index contributed by atoms with van der Waals surface area (Å²) in [5, 5.41) is 2.22. The zero-order valence-corrected chi connectivity index (χ0v) is 14.3. The van der Waals surface area contributed by atoms with Gasteiger partial charge in [0.15, 0.2) is 0 Å². The zero-order chi connectivity index (χ0) is 16.7. The Labute approximate surface area is 149 Å². The van der Waals surface area contributed by atoms with E-state index in [2.05, 4.69) is 56.6 Å². The molecule has 0 spiro atoms. The molecule has 0 bridgehead atoms. The lowest BCUT2D eigenvalue weighted by Crippen LogP contribution is -1.93. The Morgan fingerprint density at radius 3 is 1.67 bits per heavy atom. The van der Waals surface area contributed by atoms with Crippen molar-refractivity contribution in [2.24, 2.45) is 0 Å². The summed E-state index contributed by atoms with van der Waals surface area (Å²) in [6, 6.07) is 20.4. The molecule has 0 fully saturated rings. The van der Waals surface area contributed by atoms with Gasteiger partial charge in [-0.05, 0) is 60.7 Å². The van der Waals surface area contributed by atoms with Gasteiger partial charge in [0.05, 0.1) is 11.0 Å². The Morgan fingerprint density at radius 2 is 1.21 bits per heavy atom. The van der Waals surface area contributed by atoms with E-state index in [1.165, 1.54) is 0 Å². The Morgan fingerprint density at radius 1 is 0.708 bits per heavy atom. The van der Waals surface area contributed by atoms with Crippen LogP contribution in [0.15, 0.2) is 65.1 Å². The molecule has 1 aromatic heterocycles. The van der Waals surface area contributed by atoms with Crippen LogP contribution in [0.2, 0.25) is 0 Å². The van der Waals surface area contributed by atoms with Gasteiger partial charge in [-0.1, -0.05) is 27.8 Å². The third-order valence-electron chi connectivity index (χ3n) is 4.18. The lowest BCUT2D eigenvalue weighted by molar-refractivity contribution is 1.18. The van der Waals surface area contributed by atoms with Crippen LogP contribution < -0.4 is 0 Å². The minimum absolute atomic E-state index is 0.864. The van der Waals surface area contributed by atoms with Crippen LogP contribution in [0.25, 0.3) is 27.5 Å². The van der Waals surface area contributed by atoms with Crippen molar-refractivity contribution in [3.63, 3.8) is 0 Å². The fourth-order valence-electron chi connectivity index (χ4n) is 3.07. The van der Waals surface area contributed by atoms with Gasteiger partial charge in [-0.25, -0.2) is 0 Å². The Kier molecular flexibility index (Phi) is 3.42. The number of benzene rings is 3. The maximum absolute atomic E-state index is 5.58. The van der Waals surface area contributed by atoms with Gasteiger partial charge in [-0.2, -0.15) is 0 Å². The molecule has 1 heterocycles. The summed E-state index contributed by atoms with van der Waals surface area (Å²) in [6.45, 7) is 0.